The van der Waals surface area contributed by atoms with Gasteiger partial charge in [-0.15, -0.1) is 0 Å². The van der Waals surface area contributed by atoms with E-state index in [4.69, 9.17) is 40.9 Å². The van der Waals surface area contributed by atoms with Gasteiger partial charge in [-0.2, -0.15) is 0 Å². The predicted octanol–water partition coefficient (Wildman–Crippen LogP) is -4.64. The van der Waals surface area contributed by atoms with Crippen molar-refractivity contribution in [3.8, 4) is 0 Å². The predicted molar refractivity (Wildman–Crippen MR) is 104 cm³/mol. The fraction of sp³-hybridized carbons (Fsp3) is 0.500. The molecule has 0 spiro atoms. The molecule has 0 unspecified atom stereocenters. The zero-order chi connectivity index (χ0) is 21.3. The summed E-state index contributed by atoms with van der Waals surface area (Å²) in [6.45, 7) is 0. The molecule has 0 aromatic carbocycles. The Labute approximate surface area is 265 Å². The molecule has 0 bridgehead atoms. The number of rotatable bonds is 10. The maximum absolute atomic E-state index is 10.3. The molecule has 0 atom stereocenters. The number of carboxylic acid groups (broad SMARTS) is 6. The van der Waals surface area contributed by atoms with Crippen molar-refractivity contribution in [3.05, 3.63) is 0 Å². The quantitative estimate of drug-likeness (QED) is 0.121. The van der Waals surface area contributed by atoms with Gasteiger partial charge in [-0.25, -0.2) is 9.59 Å². The third-order valence-electron chi connectivity index (χ3n) is 2.57. The largest absolute Gasteiger partial charge is 2.00 e. The molecule has 0 aliphatic rings. The molecule has 21 heteroatoms. The number of carboxylic acids is 6. The van der Waals surface area contributed by atoms with Crippen molar-refractivity contribution in [2.75, 3.05) is 0 Å². The molecule has 164 valence electrons. The van der Waals surface area contributed by atoms with Gasteiger partial charge in [0, 0.05) is 0 Å². The van der Waals surface area contributed by atoms with Gasteiger partial charge in [-0.3, -0.25) is 19.2 Å². The first-order chi connectivity index (χ1) is 11.6. The molecule has 0 aromatic heterocycles. The molecule has 33 heavy (non-hydrogen) atoms. The van der Waals surface area contributed by atoms with Crippen LogP contribution >= 0.6 is 0 Å². The van der Waals surface area contributed by atoms with Crippen LogP contribution in [0.5, 0.6) is 0 Å². The third kappa shape index (κ3) is 28.6. The van der Waals surface area contributed by atoms with E-state index in [0.29, 0.717) is 0 Å². The van der Waals surface area contributed by atoms with Crippen LogP contribution in [0.4, 0.5) is 0 Å². The first-order valence-corrected chi connectivity index (χ1v) is 6.34. The zero-order valence-electron chi connectivity index (χ0n) is 17.2. The van der Waals surface area contributed by atoms with Gasteiger partial charge in [0.15, 0.2) is 11.2 Å². The molecule has 0 amide bonds. The first kappa shape index (κ1) is 58.9. The molecule has 0 aliphatic carbocycles. The Hall–Kier alpha value is 0.491. The van der Waals surface area contributed by atoms with Crippen molar-refractivity contribution in [3.63, 3.8) is 0 Å². The Bertz CT molecular complexity index is 529. The van der Waals surface area contributed by atoms with Crippen LogP contribution in [0.1, 0.15) is 25.7 Å². The number of aliphatic hydroxyl groups is 2. The molecule has 0 aromatic rings. The van der Waals surface area contributed by atoms with E-state index >= 15 is 0 Å². The molecule has 0 fully saturated rings. The smallest absolute Gasteiger partial charge is 2.00 e. The standard InChI is InChI=1S/2C6H8O7.5Mg.2O/c2*7-3(8)1-6(13,5(11)12)2-4(9)10;;;;;;;/h2*13H,1-2H2,(H,7,8)(H,9,10)(H,11,12);;;;;;;/q;;5*+2;2*-2. The van der Waals surface area contributed by atoms with Gasteiger partial charge in [-0.1, -0.05) is 0 Å². The van der Waals surface area contributed by atoms with E-state index in [-0.39, 0.29) is 126 Å². The van der Waals surface area contributed by atoms with Crippen molar-refractivity contribution in [1.29, 1.82) is 0 Å². The molecule has 0 aliphatic heterocycles. The van der Waals surface area contributed by atoms with Gasteiger partial charge in [0.1, 0.15) is 0 Å². The second-order valence-electron chi connectivity index (χ2n) is 4.96. The second kappa shape index (κ2) is 27.1. The van der Waals surface area contributed by atoms with E-state index in [0.717, 1.165) is 0 Å². The monoisotopic (exact) mass is 536 g/mol. The van der Waals surface area contributed by atoms with Crippen LogP contribution in [0.15, 0.2) is 0 Å². The Morgan fingerprint density at radius 1 is 0.424 bits per heavy atom. The summed E-state index contributed by atoms with van der Waals surface area (Å²) < 4.78 is 0. The van der Waals surface area contributed by atoms with Crippen LogP contribution in [0.3, 0.4) is 0 Å². The molecular weight excluding hydrogens is 522 g/mol. The van der Waals surface area contributed by atoms with Crippen molar-refractivity contribution in [1.82, 2.24) is 0 Å². The number of hydrogen-bond acceptors (Lipinski definition) is 8. The summed E-state index contributed by atoms with van der Waals surface area (Å²) in [6.07, 6.45) is -4.58. The van der Waals surface area contributed by atoms with Gasteiger partial charge in [0.05, 0.1) is 25.7 Å². The Balaban J connectivity index is -0.0000000411. The van der Waals surface area contributed by atoms with Crippen LogP contribution in [-0.2, 0) is 39.7 Å². The van der Waals surface area contributed by atoms with Crippen LogP contribution in [0, 0.1) is 0 Å². The minimum atomic E-state index is -2.74. The average molecular weight is 538 g/mol. The fourth-order valence-corrected chi connectivity index (χ4v) is 1.43. The van der Waals surface area contributed by atoms with Gasteiger partial charge in [-0.05, 0) is 0 Å². The summed E-state index contributed by atoms with van der Waals surface area (Å²) in [5.41, 5.74) is -5.48. The summed E-state index contributed by atoms with van der Waals surface area (Å²) in [7, 11) is 0. The van der Waals surface area contributed by atoms with Gasteiger partial charge >= 0.3 is 151 Å². The molecule has 16 nitrogen and oxygen atoms in total. The third-order valence-corrected chi connectivity index (χ3v) is 2.57. The van der Waals surface area contributed by atoms with Crippen LogP contribution in [-0.4, -0.2) is 203 Å². The molecular formula is C12H16Mg5O16+6. The number of carbonyl (C=O) groups is 6. The van der Waals surface area contributed by atoms with Crippen molar-refractivity contribution in [2.24, 2.45) is 0 Å². The Morgan fingerprint density at radius 2 is 0.545 bits per heavy atom. The van der Waals surface area contributed by atoms with Crippen LogP contribution in [0.25, 0.3) is 0 Å². The topological polar surface area (TPSA) is 321 Å². The normalized spacial score (nSPS) is 8.55. The van der Waals surface area contributed by atoms with Crippen molar-refractivity contribution >= 4 is 151 Å². The minimum Gasteiger partial charge on any atom is -2.00 e. The van der Waals surface area contributed by atoms with Gasteiger partial charge in [0.25, 0.3) is 0 Å². The molecule has 0 heterocycles. The summed E-state index contributed by atoms with van der Waals surface area (Å²) in [6, 6.07) is 0. The van der Waals surface area contributed by atoms with Crippen LogP contribution < -0.4 is 0 Å². The van der Waals surface area contributed by atoms with Gasteiger partial charge in [0.2, 0.25) is 0 Å². The summed E-state index contributed by atoms with van der Waals surface area (Å²) in [5.74, 6) is -10.0. The minimum absolute atomic E-state index is 0. The Morgan fingerprint density at radius 3 is 0.606 bits per heavy atom. The number of hydrogen-bond donors (Lipinski definition) is 8. The van der Waals surface area contributed by atoms with E-state index in [1.807, 2.05) is 0 Å². The molecule has 0 saturated carbocycles. The van der Waals surface area contributed by atoms with E-state index in [2.05, 4.69) is 0 Å². The van der Waals surface area contributed by atoms with Gasteiger partial charge < -0.3 is 51.8 Å². The molecule has 0 radical (unpaired) electrons. The van der Waals surface area contributed by atoms with Crippen molar-refractivity contribution < 1.29 is 80.6 Å². The summed E-state index contributed by atoms with van der Waals surface area (Å²) in [5, 5.41) is 67.6. The van der Waals surface area contributed by atoms with E-state index in [9.17, 15) is 28.8 Å². The van der Waals surface area contributed by atoms with Crippen LogP contribution in [0.2, 0.25) is 0 Å². The van der Waals surface area contributed by atoms with E-state index in [1.54, 1.807) is 0 Å². The van der Waals surface area contributed by atoms with E-state index in [1.165, 1.54) is 0 Å². The van der Waals surface area contributed by atoms with Crippen molar-refractivity contribution in [2.45, 2.75) is 36.9 Å². The molecule has 0 rings (SSSR count). The second-order valence-corrected chi connectivity index (χ2v) is 4.96. The molecule has 8 N–H and O–H groups in total. The maximum Gasteiger partial charge on any atom is 2.00 e. The maximum atomic E-state index is 10.3. The average Bonchev–Trinajstić information content (AvgIpc) is 2.34. The Kier molecular flexibility index (Phi) is 48.4. The zero-order valence-corrected chi connectivity index (χ0v) is 24.3. The first-order valence-electron chi connectivity index (χ1n) is 6.34. The van der Waals surface area contributed by atoms with E-state index < -0.39 is 72.7 Å². The fourth-order valence-electron chi connectivity index (χ4n) is 1.43. The summed E-state index contributed by atoms with van der Waals surface area (Å²) in [4.78, 5) is 61.0. The number of aliphatic carboxylic acids is 6. The SMILES string of the molecule is O=C(O)CC(O)(CC(=O)O)C(=O)O.O=C(O)CC(O)(CC(=O)O)C(=O)O.[Mg+2].[Mg+2].[Mg+2].[Mg+2].[Mg+2].[O-2].[O-2]. The summed E-state index contributed by atoms with van der Waals surface area (Å²) >= 11 is 0. The molecule has 0 saturated heterocycles.